The van der Waals surface area contributed by atoms with Gasteiger partial charge in [0.1, 0.15) is 11.6 Å². The van der Waals surface area contributed by atoms with E-state index in [0.29, 0.717) is 12.0 Å². The predicted octanol–water partition coefficient (Wildman–Crippen LogP) is 4.26. The lowest BCUT2D eigenvalue weighted by molar-refractivity contribution is 0.0599. The predicted molar refractivity (Wildman–Crippen MR) is 78.5 cm³/mol. The van der Waals surface area contributed by atoms with Crippen LogP contribution >= 0.6 is 15.9 Å². The minimum absolute atomic E-state index is 0.134. The number of rotatable bonds is 4. The van der Waals surface area contributed by atoms with Crippen molar-refractivity contribution < 1.29 is 13.9 Å². The van der Waals surface area contributed by atoms with Crippen molar-refractivity contribution in [2.24, 2.45) is 0 Å². The minimum atomic E-state index is -1.09. The molecule has 1 N–H and O–H groups in total. The van der Waals surface area contributed by atoms with Crippen LogP contribution in [-0.2, 0) is 12.8 Å². The Kier molecular flexibility index (Phi) is 4.55. The van der Waals surface area contributed by atoms with Gasteiger partial charge in [-0.15, -0.1) is 0 Å². The van der Waals surface area contributed by atoms with Crippen LogP contribution < -0.4 is 0 Å². The van der Waals surface area contributed by atoms with E-state index in [9.17, 15) is 13.9 Å². The highest BCUT2D eigenvalue weighted by Gasteiger charge is 2.23. The number of halogens is 3. The third-order valence-electron chi connectivity index (χ3n) is 3.08. The van der Waals surface area contributed by atoms with Crippen LogP contribution in [0.15, 0.2) is 46.9 Å². The van der Waals surface area contributed by atoms with Crippen LogP contribution in [-0.4, -0.2) is 10.7 Å². The van der Waals surface area contributed by atoms with Gasteiger partial charge in [-0.05, 0) is 36.2 Å². The Hall–Kier alpha value is -1.26. The summed E-state index contributed by atoms with van der Waals surface area (Å²) in [6, 6.07) is 11.0. The Labute approximate surface area is 125 Å². The molecule has 0 bridgehead atoms. The summed E-state index contributed by atoms with van der Waals surface area (Å²) >= 11 is 3.35. The first-order valence-corrected chi connectivity index (χ1v) is 7.06. The summed E-state index contributed by atoms with van der Waals surface area (Å²) < 4.78 is 27.4. The summed E-state index contributed by atoms with van der Waals surface area (Å²) in [5.41, 5.74) is 0.182. The molecule has 2 aromatic rings. The Morgan fingerprint density at radius 2 is 1.70 bits per heavy atom. The van der Waals surface area contributed by atoms with Crippen LogP contribution in [0.25, 0.3) is 0 Å². The largest absolute Gasteiger partial charge is 0.389 e. The quantitative estimate of drug-likeness (QED) is 0.881. The molecule has 0 amide bonds. The summed E-state index contributed by atoms with van der Waals surface area (Å²) in [6.07, 6.45) is 0.534. The molecule has 4 heteroatoms. The molecule has 0 aliphatic heterocycles. The van der Waals surface area contributed by atoms with Gasteiger partial charge in [-0.25, -0.2) is 8.78 Å². The molecule has 1 nitrogen and oxygen atoms in total. The lowest BCUT2D eigenvalue weighted by Crippen LogP contribution is -2.30. The lowest BCUT2D eigenvalue weighted by atomic mass is 9.89. The first-order chi connectivity index (χ1) is 9.35. The molecule has 106 valence electrons. The van der Waals surface area contributed by atoms with Gasteiger partial charge in [-0.3, -0.25) is 0 Å². The van der Waals surface area contributed by atoms with Gasteiger partial charge < -0.3 is 5.11 Å². The van der Waals surface area contributed by atoms with E-state index in [0.717, 1.165) is 16.1 Å². The summed E-state index contributed by atoms with van der Waals surface area (Å²) in [5, 5.41) is 10.4. The van der Waals surface area contributed by atoms with Crippen LogP contribution in [0.3, 0.4) is 0 Å². The molecular formula is C16H15BrF2O. The minimum Gasteiger partial charge on any atom is -0.389 e. The summed E-state index contributed by atoms with van der Waals surface area (Å²) in [5.74, 6) is -1.24. The molecule has 0 aliphatic rings. The van der Waals surface area contributed by atoms with E-state index in [1.165, 1.54) is 12.1 Å². The second-order valence-corrected chi connectivity index (χ2v) is 6.13. The third-order valence-corrected chi connectivity index (χ3v) is 3.61. The molecule has 0 aromatic heterocycles. The molecule has 1 unspecified atom stereocenters. The molecule has 2 rings (SSSR count). The van der Waals surface area contributed by atoms with Crippen LogP contribution in [0, 0.1) is 11.6 Å². The van der Waals surface area contributed by atoms with Crippen LogP contribution in [0.1, 0.15) is 18.1 Å². The smallest absolute Gasteiger partial charge is 0.129 e. The Morgan fingerprint density at radius 3 is 2.30 bits per heavy atom. The lowest BCUT2D eigenvalue weighted by Gasteiger charge is -2.24. The topological polar surface area (TPSA) is 20.2 Å². The monoisotopic (exact) mass is 340 g/mol. The molecule has 2 aromatic carbocycles. The van der Waals surface area contributed by atoms with Crippen LogP contribution in [0.4, 0.5) is 8.78 Å². The fourth-order valence-corrected chi connectivity index (χ4v) is 2.44. The molecule has 0 heterocycles. The average molecular weight is 341 g/mol. The standard InChI is InChI=1S/C16H15BrF2O/c1-16(20,9-11-2-5-13(17)6-3-11)10-12-4-7-14(18)8-15(12)19/h2-8,20H,9-10H2,1H3. The van der Waals surface area contributed by atoms with Gasteiger partial charge in [-0.1, -0.05) is 34.1 Å². The second kappa shape index (κ2) is 6.02. The van der Waals surface area contributed by atoms with Gasteiger partial charge in [0.25, 0.3) is 0 Å². The molecule has 0 fully saturated rings. The zero-order valence-electron chi connectivity index (χ0n) is 11.0. The molecular weight excluding hydrogens is 326 g/mol. The molecule has 0 saturated carbocycles. The SMILES string of the molecule is CC(O)(Cc1ccc(Br)cc1)Cc1ccc(F)cc1F. The van der Waals surface area contributed by atoms with Gasteiger partial charge in [0.15, 0.2) is 0 Å². The van der Waals surface area contributed by atoms with E-state index in [-0.39, 0.29) is 6.42 Å². The van der Waals surface area contributed by atoms with Gasteiger partial charge >= 0.3 is 0 Å². The van der Waals surface area contributed by atoms with E-state index in [4.69, 9.17) is 0 Å². The van der Waals surface area contributed by atoms with Crippen molar-refractivity contribution in [3.8, 4) is 0 Å². The van der Waals surface area contributed by atoms with Crippen molar-refractivity contribution in [1.29, 1.82) is 0 Å². The summed E-state index contributed by atoms with van der Waals surface area (Å²) in [4.78, 5) is 0. The molecule has 0 radical (unpaired) electrons. The first-order valence-electron chi connectivity index (χ1n) is 6.26. The average Bonchev–Trinajstić information content (AvgIpc) is 2.35. The maximum Gasteiger partial charge on any atom is 0.129 e. The van der Waals surface area contributed by atoms with E-state index >= 15 is 0 Å². The van der Waals surface area contributed by atoms with Crippen molar-refractivity contribution in [2.75, 3.05) is 0 Å². The molecule has 1 atom stereocenters. The summed E-state index contributed by atoms with van der Waals surface area (Å²) in [7, 11) is 0. The summed E-state index contributed by atoms with van der Waals surface area (Å²) in [6.45, 7) is 1.65. The fourth-order valence-electron chi connectivity index (χ4n) is 2.18. The van der Waals surface area contributed by atoms with E-state index in [2.05, 4.69) is 15.9 Å². The van der Waals surface area contributed by atoms with Gasteiger partial charge in [0, 0.05) is 23.4 Å². The highest BCUT2D eigenvalue weighted by molar-refractivity contribution is 9.10. The van der Waals surface area contributed by atoms with Gasteiger partial charge in [0.05, 0.1) is 5.60 Å². The zero-order valence-corrected chi connectivity index (χ0v) is 12.6. The molecule has 0 spiro atoms. The molecule has 0 saturated heterocycles. The van der Waals surface area contributed by atoms with E-state index in [1.54, 1.807) is 6.92 Å². The maximum absolute atomic E-state index is 13.6. The molecule has 20 heavy (non-hydrogen) atoms. The number of hydrogen-bond donors (Lipinski definition) is 1. The van der Waals surface area contributed by atoms with Crippen molar-refractivity contribution in [3.63, 3.8) is 0 Å². The maximum atomic E-state index is 13.6. The van der Waals surface area contributed by atoms with Crippen molar-refractivity contribution in [2.45, 2.75) is 25.4 Å². The van der Waals surface area contributed by atoms with Crippen molar-refractivity contribution >= 4 is 15.9 Å². The highest BCUT2D eigenvalue weighted by Crippen LogP contribution is 2.22. The normalized spacial score (nSPS) is 14.1. The van der Waals surface area contributed by atoms with Gasteiger partial charge in [-0.2, -0.15) is 0 Å². The van der Waals surface area contributed by atoms with Crippen molar-refractivity contribution in [3.05, 3.63) is 69.7 Å². The third kappa shape index (κ3) is 4.12. The van der Waals surface area contributed by atoms with E-state index in [1.807, 2.05) is 24.3 Å². The van der Waals surface area contributed by atoms with Crippen molar-refractivity contribution in [1.82, 2.24) is 0 Å². The van der Waals surface area contributed by atoms with Gasteiger partial charge in [0.2, 0.25) is 0 Å². The number of hydrogen-bond acceptors (Lipinski definition) is 1. The Morgan fingerprint density at radius 1 is 1.05 bits per heavy atom. The fraction of sp³-hybridized carbons (Fsp3) is 0.250. The number of aliphatic hydroxyl groups is 1. The highest BCUT2D eigenvalue weighted by atomic mass is 79.9. The van der Waals surface area contributed by atoms with Crippen LogP contribution in [0.2, 0.25) is 0 Å². The Bertz CT molecular complexity index is 594. The van der Waals surface area contributed by atoms with E-state index < -0.39 is 17.2 Å². The number of benzene rings is 2. The first kappa shape index (κ1) is 15.1. The Balaban J connectivity index is 2.12. The zero-order chi connectivity index (χ0) is 14.8. The van der Waals surface area contributed by atoms with Crippen LogP contribution in [0.5, 0.6) is 0 Å². The second-order valence-electron chi connectivity index (χ2n) is 5.21. The molecule has 0 aliphatic carbocycles.